The number of hydrogen-bond acceptors (Lipinski definition) is 3. The van der Waals surface area contributed by atoms with Gasteiger partial charge in [-0.15, -0.1) is 0 Å². The minimum absolute atomic E-state index is 0.223. The topological polar surface area (TPSA) is 37.3 Å². The summed E-state index contributed by atoms with van der Waals surface area (Å²) in [5.41, 5.74) is 0. The van der Waals surface area contributed by atoms with Crippen molar-refractivity contribution < 1.29 is 9.90 Å². The van der Waals surface area contributed by atoms with Crippen molar-refractivity contribution in [3.63, 3.8) is 0 Å². The fourth-order valence-electron chi connectivity index (χ4n) is 1.49. The van der Waals surface area contributed by atoms with E-state index in [0.717, 1.165) is 19.3 Å². The van der Waals surface area contributed by atoms with E-state index in [0.29, 0.717) is 6.42 Å². The van der Waals surface area contributed by atoms with Gasteiger partial charge in [-0.05, 0) is 12.8 Å². The molecule has 0 aromatic carbocycles. The third-order valence-corrected chi connectivity index (χ3v) is 2.87. The van der Waals surface area contributed by atoms with E-state index in [1.165, 1.54) is 32.1 Å². The highest BCUT2D eigenvalue weighted by Crippen LogP contribution is 2.14. The maximum atomic E-state index is 10.2. The van der Waals surface area contributed by atoms with Crippen LogP contribution in [-0.2, 0) is 4.79 Å². The largest absolute Gasteiger partial charge is 0.481 e. The number of unbranched alkanes of at least 4 members (excludes halogenated alkanes) is 6. The molecule has 0 bridgehead atoms. The van der Waals surface area contributed by atoms with Gasteiger partial charge in [0.05, 0.1) is 0 Å². The lowest BCUT2D eigenvalue weighted by atomic mass is 10.1. The molecular weight excluding hydrogens is 228 g/mol. The first kappa shape index (κ1) is 15.2. The highest BCUT2D eigenvalue weighted by atomic mass is 32.2. The molecule has 0 fully saturated rings. The lowest BCUT2D eigenvalue weighted by molar-refractivity contribution is -0.137. The van der Waals surface area contributed by atoms with Gasteiger partial charge in [-0.2, -0.15) is 25.3 Å². The Labute approximate surface area is 104 Å². The van der Waals surface area contributed by atoms with Crippen LogP contribution in [0.25, 0.3) is 0 Å². The summed E-state index contributed by atoms with van der Waals surface area (Å²) in [6.45, 7) is 0. The normalized spacial score (nSPS) is 10.9. The zero-order valence-electron chi connectivity index (χ0n) is 9.19. The molecule has 0 aliphatic rings. The number of carboxylic acid groups (broad SMARTS) is 1. The van der Waals surface area contributed by atoms with E-state index in [1.54, 1.807) is 0 Å². The van der Waals surface area contributed by atoms with Crippen LogP contribution < -0.4 is 0 Å². The first-order valence-electron chi connectivity index (χ1n) is 5.71. The predicted molar refractivity (Wildman–Crippen MR) is 70.9 cm³/mol. The van der Waals surface area contributed by atoms with Gasteiger partial charge in [-0.25, -0.2) is 0 Å². The number of carboxylic acids is 1. The van der Waals surface area contributed by atoms with E-state index in [9.17, 15) is 4.79 Å². The molecule has 0 aliphatic carbocycles. The lowest BCUT2D eigenvalue weighted by Crippen LogP contribution is -1.93. The molecule has 0 aromatic heterocycles. The zero-order valence-corrected chi connectivity index (χ0v) is 11.0. The second kappa shape index (κ2) is 10.7. The Morgan fingerprint density at radius 3 is 1.87 bits per heavy atom. The molecule has 0 aromatic rings. The maximum absolute atomic E-state index is 10.2. The second-order valence-corrected chi connectivity index (χ2v) is 5.54. The van der Waals surface area contributed by atoms with Crippen LogP contribution in [0.5, 0.6) is 0 Å². The summed E-state index contributed by atoms with van der Waals surface area (Å²) in [5.74, 6) is -0.677. The van der Waals surface area contributed by atoms with E-state index in [-0.39, 0.29) is 4.58 Å². The fourth-order valence-corrected chi connectivity index (χ4v) is 1.85. The molecule has 2 nitrogen and oxygen atoms in total. The van der Waals surface area contributed by atoms with E-state index < -0.39 is 5.97 Å². The van der Waals surface area contributed by atoms with Gasteiger partial charge in [0.15, 0.2) is 0 Å². The van der Waals surface area contributed by atoms with Crippen LogP contribution in [0, 0.1) is 0 Å². The van der Waals surface area contributed by atoms with Crippen molar-refractivity contribution in [1.29, 1.82) is 0 Å². The molecule has 1 N–H and O–H groups in total. The Morgan fingerprint density at radius 1 is 0.933 bits per heavy atom. The summed E-state index contributed by atoms with van der Waals surface area (Å²) in [6.07, 6.45) is 9.36. The minimum atomic E-state index is -0.677. The van der Waals surface area contributed by atoms with Crippen LogP contribution in [-0.4, -0.2) is 15.7 Å². The SMILES string of the molecule is O=C(O)CCCCCCCCCC(S)S. The van der Waals surface area contributed by atoms with Crippen molar-refractivity contribution in [3.05, 3.63) is 0 Å². The molecule has 4 heteroatoms. The quantitative estimate of drug-likeness (QED) is 0.314. The Bertz CT molecular complexity index is 161. The molecule has 0 atom stereocenters. The van der Waals surface area contributed by atoms with Gasteiger partial charge in [-0.3, -0.25) is 4.79 Å². The summed E-state index contributed by atoms with van der Waals surface area (Å²) >= 11 is 8.39. The molecule has 0 rings (SSSR count). The average Bonchev–Trinajstić information content (AvgIpc) is 2.14. The summed E-state index contributed by atoms with van der Waals surface area (Å²) in [4.78, 5) is 10.2. The Hall–Kier alpha value is 0.170. The van der Waals surface area contributed by atoms with Gasteiger partial charge in [-0.1, -0.05) is 38.5 Å². The Morgan fingerprint density at radius 2 is 1.40 bits per heavy atom. The van der Waals surface area contributed by atoms with Crippen LogP contribution in [0.1, 0.15) is 57.8 Å². The third-order valence-electron chi connectivity index (χ3n) is 2.35. The summed E-state index contributed by atoms with van der Waals surface area (Å²) in [7, 11) is 0. The van der Waals surface area contributed by atoms with Crippen LogP contribution in [0.4, 0.5) is 0 Å². The molecule has 0 heterocycles. The highest BCUT2D eigenvalue weighted by molar-refractivity contribution is 7.99. The Kier molecular flexibility index (Phi) is 10.8. The van der Waals surface area contributed by atoms with Crippen molar-refractivity contribution in [2.45, 2.75) is 62.4 Å². The molecule has 15 heavy (non-hydrogen) atoms. The lowest BCUT2D eigenvalue weighted by Gasteiger charge is -2.03. The molecule has 90 valence electrons. The number of hydrogen-bond donors (Lipinski definition) is 3. The van der Waals surface area contributed by atoms with Gasteiger partial charge in [0.25, 0.3) is 0 Å². The molecule has 0 aliphatic heterocycles. The van der Waals surface area contributed by atoms with E-state index in [2.05, 4.69) is 25.3 Å². The summed E-state index contributed by atoms with van der Waals surface area (Å²) < 4.78 is 0.223. The van der Waals surface area contributed by atoms with E-state index in [1.807, 2.05) is 0 Å². The number of thiol groups is 2. The van der Waals surface area contributed by atoms with Crippen LogP contribution in [0.15, 0.2) is 0 Å². The molecule has 0 saturated carbocycles. The van der Waals surface area contributed by atoms with Gasteiger partial charge in [0.2, 0.25) is 0 Å². The van der Waals surface area contributed by atoms with Crippen molar-refractivity contribution in [2.75, 3.05) is 0 Å². The first-order valence-corrected chi connectivity index (χ1v) is 6.74. The minimum Gasteiger partial charge on any atom is -0.481 e. The van der Waals surface area contributed by atoms with Gasteiger partial charge >= 0.3 is 5.97 Å². The van der Waals surface area contributed by atoms with Gasteiger partial charge in [0, 0.05) is 11.0 Å². The molecule has 0 amide bonds. The van der Waals surface area contributed by atoms with Crippen LogP contribution >= 0.6 is 25.3 Å². The number of rotatable bonds is 10. The van der Waals surface area contributed by atoms with Crippen LogP contribution in [0.2, 0.25) is 0 Å². The molecule has 0 unspecified atom stereocenters. The Balaban J connectivity index is 2.96. The van der Waals surface area contributed by atoms with Gasteiger partial charge < -0.3 is 5.11 Å². The molecule has 0 spiro atoms. The number of aliphatic carboxylic acids is 1. The molecule has 0 radical (unpaired) electrons. The van der Waals surface area contributed by atoms with Crippen LogP contribution in [0.3, 0.4) is 0 Å². The standard InChI is InChI=1S/C11H22O2S2/c12-10(13)8-6-4-2-1-3-5-7-9-11(14)15/h11,14-15H,1-9H2,(H,12,13). The van der Waals surface area contributed by atoms with Crippen molar-refractivity contribution in [3.8, 4) is 0 Å². The summed E-state index contributed by atoms with van der Waals surface area (Å²) in [6, 6.07) is 0. The second-order valence-electron chi connectivity index (χ2n) is 3.89. The van der Waals surface area contributed by atoms with Crippen molar-refractivity contribution in [2.24, 2.45) is 0 Å². The first-order chi connectivity index (χ1) is 7.13. The van der Waals surface area contributed by atoms with E-state index >= 15 is 0 Å². The smallest absolute Gasteiger partial charge is 0.303 e. The number of carbonyl (C=O) groups is 1. The van der Waals surface area contributed by atoms with Crippen molar-refractivity contribution >= 4 is 31.2 Å². The monoisotopic (exact) mass is 250 g/mol. The van der Waals surface area contributed by atoms with E-state index in [4.69, 9.17) is 5.11 Å². The zero-order chi connectivity index (χ0) is 11.5. The average molecular weight is 250 g/mol. The highest BCUT2D eigenvalue weighted by Gasteiger charge is 1.97. The fraction of sp³-hybridized carbons (Fsp3) is 0.909. The summed E-state index contributed by atoms with van der Waals surface area (Å²) in [5, 5.41) is 8.42. The third kappa shape index (κ3) is 14.2. The predicted octanol–water partition coefficient (Wildman–Crippen LogP) is 3.77. The molecule has 0 saturated heterocycles. The van der Waals surface area contributed by atoms with Gasteiger partial charge in [0.1, 0.15) is 0 Å². The van der Waals surface area contributed by atoms with Crippen molar-refractivity contribution in [1.82, 2.24) is 0 Å². The maximum Gasteiger partial charge on any atom is 0.303 e. The molecular formula is C11H22O2S2.